The smallest absolute Gasteiger partial charge is 0.242 e. The maximum atomic E-state index is 13.1. The van der Waals surface area contributed by atoms with Crippen molar-refractivity contribution in [3.05, 3.63) is 63.8 Å². The largest absolute Gasteiger partial charge is 0.491 e. The summed E-state index contributed by atoms with van der Waals surface area (Å²) >= 11 is 7.65. The average molecular weight is 433 g/mol. The Labute approximate surface area is 180 Å². The number of carbonyl (C=O) groups is 2. The Hall–Kier alpha value is -2.31. The maximum absolute atomic E-state index is 13.1. The van der Waals surface area contributed by atoms with Gasteiger partial charge >= 0.3 is 0 Å². The lowest BCUT2D eigenvalue weighted by Gasteiger charge is -2.37. The van der Waals surface area contributed by atoms with Crippen LogP contribution < -0.4 is 4.74 Å². The van der Waals surface area contributed by atoms with Crippen LogP contribution in [0.15, 0.2) is 48.4 Å². The molecule has 1 aliphatic heterocycles. The number of thiophene rings is 1. The molecule has 0 radical (unpaired) electrons. The van der Waals surface area contributed by atoms with E-state index in [0.717, 1.165) is 12.0 Å². The van der Waals surface area contributed by atoms with Crippen LogP contribution in [0.3, 0.4) is 0 Å². The van der Waals surface area contributed by atoms with Gasteiger partial charge in [-0.05, 0) is 47.7 Å². The minimum Gasteiger partial charge on any atom is -0.491 e. The van der Waals surface area contributed by atoms with E-state index >= 15 is 0 Å². The number of rotatable bonds is 8. The first-order valence-corrected chi connectivity index (χ1v) is 10.9. The molecule has 1 aromatic carbocycles. The first-order chi connectivity index (χ1) is 14.0. The predicted octanol–water partition coefficient (Wildman–Crippen LogP) is 4.33. The topological polar surface area (TPSA) is 49.9 Å². The molecule has 0 aliphatic carbocycles. The van der Waals surface area contributed by atoms with Crippen molar-refractivity contribution in [3.8, 4) is 5.75 Å². The van der Waals surface area contributed by atoms with Crippen LogP contribution in [0.4, 0.5) is 0 Å². The van der Waals surface area contributed by atoms with Gasteiger partial charge < -0.3 is 14.5 Å². The lowest BCUT2D eigenvalue weighted by molar-refractivity contribution is -0.142. The summed E-state index contributed by atoms with van der Waals surface area (Å²) in [5.74, 6) is 0.578. The second kappa shape index (κ2) is 9.94. The summed E-state index contributed by atoms with van der Waals surface area (Å²) in [5.41, 5.74) is 1.13. The number of hydrogen-bond donors (Lipinski definition) is 0. The standard InChI is InChI=1S/C22H25ClN2O3S/c1-3-11-24(21(26)4-2)14-22(27)25-12-9-20-18(10-13-29-20)19(25)15-28-17-7-5-16(23)6-8-17/h3,5-8,10,13,19H,1,4,9,11-12,14-15H2,2H3/t19-/m1/s1. The highest BCUT2D eigenvalue weighted by Gasteiger charge is 2.33. The van der Waals surface area contributed by atoms with Crippen molar-refractivity contribution in [2.24, 2.45) is 0 Å². The molecule has 2 heterocycles. The molecule has 0 saturated heterocycles. The Bertz CT molecular complexity index is 865. The second-order valence-corrected chi connectivity index (χ2v) is 8.27. The van der Waals surface area contributed by atoms with Gasteiger partial charge in [0, 0.05) is 29.4 Å². The van der Waals surface area contributed by atoms with Gasteiger partial charge in [0.25, 0.3) is 0 Å². The van der Waals surface area contributed by atoms with E-state index in [4.69, 9.17) is 16.3 Å². The van der Waals surface area contributed by atoms with Crippen molar-refractivity contribution in [1.29, 1.82) is 0 Å². The Balaban J connectivity index is 1.76. The molecule has 1 aliphatic rings. The molecule has 154 valence electrons. The van der Waals surface area contributed by atoms with Crippen molar-refractivity contribution in [3.63, 3.8) is 0 Å². The quantitative estimate of drug-likeness (QED) is 0.583. The van der Waals surface area contributed by atoms with Crippen LogP contribution >= 0.6 is 22.9 Å². The van der Waals surface area contributed by atoms with Crippen molar-refractivity contribution >= 4 is 34.8 Å². The monoisotopic (exact) mass is 432 g/mol. The molecule has 1 atom stereocenters. The second-order valence-electron chi connectivity index (χ2n) is 6.83. The number of carbonyl (C=O) groups excluding carboxylic acids is 2. The van der Waals surface area contributed by atoms with E-state index in [1.807, 2.05) is 17.0 Å². The van der Waals surface area contributed by atoms with Crippen molar-refractivity contribution in [1.82, 2.24) is 9.80 Å². The van der Waals surface area contributed by atoms with E-state index in [-0.39, 0.29) is 24.4 Å². The minimum absolute atomic E-state index is 0.0512. The summed E-state index contributed by atoms with van der Waals surface area (Å²) < 4.78 is 5.98. The molecule has 0 saturated carbocycles. The van der Waals surface area contributed by atoms with Crippen LogP contribution in [0, 0.1) is 0 Å². The number of benzene rings is 1. The molecule has 5 nitrogen and oxygen atoms in total. The number of halogens is 1. The van der Waals surface area contributed by atoms with Gasteiger partial charge in [0.05, 0.1) is 6.04 Å². The third kappa shape index (κ3) is 5.19. The van der Waals surface area contributed by atoms with E-state index in [1.165, 1.54) is 4.88 Å². The Morgan fingerprint density at radius 2 is 2.10 bits per heavy atom. The van der Waals surface area contributed by atoms with Gasteiger partial charge in [-0.1, -0.05) is 24.6 Å². The molecule has 0 bridgehead atoms. The van der Waals surface area contributed by atoms with Gasteiger partial charge in [0.15, 0.2) is 0 Å². The van der Waals surface area contributed by atoms with Gasteiger partial charge in [-0.2, -0.15) is 0 Å². The number of amides is 2. The maximum Gasteiger partial charge on any atom is 0.242 e. The number of ether oxygens (including phenoxy) is 1. The third-order valence-electron chi connectivity index (χ3n) is 4.97. The van der Waals surface area contributed by atoms with E-state index in [2.05, 4.69) is 18.0 Å². The molecule has 0 unspecified atom stereocenters. The molecule has 2 amide bonds. The van der Waals surface area contributed by atoms with Crippen LogP contribution in [-0.2, 0) is 16.0 Å². The zero-order valence-corrected chi connectivity index (χ0v) is 18.0. The van der Waals surface area contributed by atoms with Gasteiger partial charge in [0.1, 0.15) is 18.9 Å². The highest BCUT2D eigenvalue weighted by Crippen LogP contribution is 2.34. The van der Waals surface area contributed by atoms with E-state index in [1.54, 1.807) is 41.4 Å². The van der Waals surface area contributed by atoms with Gasteiger partial charge in [-0.15, -0.1) is 17.9 Å². The SMILES string of the molecule is C=CCN(CC(=O)N1CCc2sccc2[C@H]1COc1ccc(Cl)cc1)C(=O)CC. The molecule has 0 spiro atoms. The van der Waals surface area contributed by atoms with E-state index < -0.39 is 0 Å². The number of fused-ring (bicyclic) bond motifs is 1. The zero-order valence-electron chi connectivity index (χ0n) is 16.5. The fourth-order valence-corrected chi connectivity index (χ4v) is 4.52. The highest BCUT2D eigenvalue weighted by molar-refractivity contribution is 7.10. The molecular weight excluding hydrogens is 408 g/mol. The van der Waals surface area contributed by atoms with Crippen LogP contribution in [0.5, 0.6) is 5.75 Å². The highest BCUT2D eigenvalue weighted by atomic mass is 35.5. The lowest BCUT2D eigenvalue weighted by Crippen LogP contribution is -2.47. The fraction of sp³-hybridized carbons (Fsp3) is 0.364. The molecule has 7 heteroatoms. The normalized spacial score (nSPS) is 15.5. The Morgan fingerprint density at radius 1 is 1.34 bits per heavy atom. The Morgan fingerprint density at radius 3 is 2.79 bits per heavy atom. The molecule has 0 fully saturated rings. The van der Waals surface area contributed by atoms with Crippen LogP contribution in [0.1, 0.15) is 29.8 Å². The minimum atomic E-state index is -0.185. The van der Waals surface area contributed by atoms with Gasteiger partial charge in [0.2, 0.25) is 11.8 Å². The molecule has 1 aromatic heterocycles. The fourth-order valence-electron chi connectivity index (χ4n) is 3.47. The first kappa shape index (κ1) is 21.4. The summed E-state index contributed by atoms with van der Waals surface area (Å²) in [7, 11) is 0. The molecule has 29 heavy (non-hydrogen) atoms. The third-order valence-corrected chi connectivity index (χ3v) is 6.22. The Kier molecular flexibility index (Phi) is 7.34. The van der Waals surface area contributed by atoms with Crippen LogP contribution in [-0.4, -0.2) is 47.9 Å². The summed E-state index contributed by atoms with van der Waals surface area (Å²) in [4.78, 5) is 30.0. The molecular formula is C22H25ClN2O3S. The number of nitrogens with zero attached hydrogens (tertiary/aromatic N) is 2. The number of hydrogen-bond acceptors (Lipinski definition) is 4. The predicted molar refractivity (Wildman–Crippen MR) is 116 cm³/mol. The summed E-state index contributed by atoms with van der Waals surface area (Å²) in [6, 6.07) is 9.07. The van der Waals surface area contributed by atoms with Crippen molar-refractivity contribution < 1.29 is 14.3 Å². The average Bonchev–Trinajstić information content (AvgIpc) is 3.21. The van der Waals surface area contributed by atoms with Gasteiger partial charge in [-0.25, -0.2) is 0 Å². The first-order valence-electron chi connectivity index (χ1n) is 9.66. The summed E-state index contributed by atoms with van der Waals surface area (Å²) in [5, 5.41) is 2.70. The van der Waals surface area contributed by atoms with Crippen molar-refractivity contribution in [2.45, 2.75) is 25.8 Å². The van der Waals surface area contributed by atoms with E-state index in [9.17, 15) is 9.59 Å². The molecule has 0 N–H and O–H groups in total. The summed E-state index contributed by atoms with van der Waals surface area (Å²) in [6.45, 7) is 6.87. The molecule has 3 rings (SSSR count). The van der Waals surface area contributed by atoms with Crippen molar-refractivity contribution in [2.75, 3.05) is 26.2 Å². The van der Waals surface area contributed by atoms with Gasteiger partial charge in [-0.3, -0.25) is 9.59 Å². The van der Waals surface area contributed by atoms with E-state index in [0.29, 0.717) is 36.9 Å². The van der Waals surface area contributed by atoms with Crippen LogP contribution in [0.25, 0.3) is 0 Å². The molecule has 2 aromatic rings. The lowest BCUT2D eigenvalue weighted by atomic mass is 10.0. The summed E-state index contributed by atoms with van der Waals surface area (Å²) in [6.07, 6.45) is 2.83. The van der Waals surface area contributed by atoms with Crippen LogP contribution in [0.2, 0.25) is 5.02 Å². The zero-order chi connectivity index (χ0) is 20.8.